The Labute approximate surface area is 194 Å². The molecule has 4 aromatic rings. The highest BCUT2D eigenvalue weighted by atomic mass is 32.2. The predicted molar refractivity (Wildman–Crippen MR) is 129 cm³/mol. The van der Waals surface area contributed by atoms with Gasteiger partial charge in [0.25, 0.3) is 5.56 Å². The molecule has 172 valence electrons. The first kappa shape index (κ1) is 22.7. The van der Waals surface area contributed by atoms with Gasteiger partial charge in [-0.2, -0.15) is 0 Å². The van der Waals surface area contributed by atoms with Crippen LogP contribution in [0.25, 0.3) is 16.7 Å². The zero-order valence-electron chi connectivity index (χ0n) is 18.7. The Kier molecular flexibility index (Phi) is 6.83. The molecular formula is C23H25N5O4S. The molecule has 0 aliphatic carbocycles. The van der Waals surface area contributed by atoms with Gasteiger partial charge in [0.2, 0.25) is 11.7 Å². The van der Waals surface area contributed by atoms with E-state index in [-0.39, 0.29) is 17.2 Å². The van der Waals surface area contributed by atoms with Crippen molar-refractivity contribution in [2.75, 3.05) is 25.3 Å². The zero-order chi connectivity index (χ0) is 23.4. The second-order valence-electron chi connectivity index (χ2n) is 7.38. The molecule has 0 unspecified atom stereocenters. The van der Waals surface area contributed by atoms with Gasteiger partial charge in [0.1, 0.15) is 11.5 Å². The molecule has 0 aliphatic heterocycles. The fourth-order valence-corrected chi connectivity index (χ4v) is 4.29. The van der Waals surface area contributed by atoms with Gasteiger partial charge < -0.3 is 14.8 Å². The van der Waals surface area contributed by atoms with Gasteiger partial charge in [0.05, 0.1) is 30.9 Å². The van der Waals surface area contributed by atoms with E-state index in [1.807, 2.05) is 22.6 Å². The minimum atomic E-state index is -0.212. The zero-order valence-corrected chi connectivity index (χ0v) is 19.5. The van der Waals surface area contributed by atoms with Crippen molar-refractivity contribution in [2.45, 2.75) is 31.5 Å². The molecule has 0 saturated carbocycles. The molecular weight excluding hydrogens is 442 g/mol. The number of anilines is 1. The molecule has 33 heavy (non-hydrogen) atoms. The van der Waals surface area contributed by atoms with Crippen LogP contribution in [0.15, 0.2) is 52.4 Å². The molecule has 9 nitrogen and oxygen atoms in total. The number of rotatable bonds is 9. The normalized spacial score (nSPS) is 11.1. The molecule has 0 spiro atoms. The number of methoxy groups -OCH3 is 2. The van der Waals surface area contributed by atoms with Gasteiger partial charge in [0.15, 0.2) is 5.16 Å². The van der Waals surface area contributed by atoms with Crippen molar-refractivity contribution in [1.29, 1.82) is 0 Å². The van der Waals surface area contributed by atoms with E-state index in [4.69, 9.17) is 9.47 Å². The molecule has 0 bridgehead atoms. The number of nitrogens with zero attached hydrogens (tertiary/aromatic N) is 4. The molecule has 0 radical (unpaired) electrons. The average Bonchev–Trinajstić information content (AvgIpc) is 3.26. The fraction of sp³-hybridized carbons (Fsp3) is 0.304. The SMILES string of the molecule is CCCCn1c(=O)c2ccccc2n2c(SCC(=O)Nc3cc(OC)cc(OC)c3)nnc12. The smallest absolute Gasteiger partial charge is 0.262 e. The van der Waals surface area contributed by atoms with Crippen molar-refractivity contribution in [2.24, 2.45) is 0 Å². The first-order valence-corrected chi connectivity index (χ1v) is 11.6. The molecule has 0 saturated heterocycles. The minimum absolute atomic E-state index is 0.0831. The maximum absolute atomic E-state index is 13.0. The molecule has 0 aliphatic rings. The van der Waals surface area contributed by atoms with Crippen LogP contribution in [0, 0.1) is 0 Å². The maximum atomic E-state index is 13.0. The Bertz CT molecular complexity index is 1340. The van der Waals surface area contributed by atoms with Crippen molar-refractivity contribution in [3.63, 3.8) is 0 Å². The third kappa shape index (κ3) is 4.65. The van der Waals surface area contributed by atoms with Crippen LogP contribution in [0.5, 0.6) is 11.5 Å². The van der Waals surface area contributed by atoms with E-state index in [1.54, 1.807) is 43.1 Å². The molecule has 0 atom stereocenters. The third-order valence-corrected chi connectivity index (χ3v) is 6.11. The largest absolute Gasteiger partial charge is 0.497 e. The summed E-state index contributed by atoms with van der Waals surface area (Å²) in [7, 11) is 3.11. The average molecular weight is 468 g/mol. The Hall–Kier alpha value is -3.53. The number of benzene rings is 2. The quantitative estimate of drug-likeness (QED) is 0.376. The monoisotopic (exact) mass is 467 g/mol. The number of nitrogens with one attached hydrogen (secondary N) is 1. The van der Waals surface area contributed by atoms with E-state index in [9.17, 15) is 9.59 Å². The summed E-state index contributed by atoms with van der Waals surface area (Å²) in [4.78, 5) is 25.7. The lowest BCUT2D eigenvalue weighted by molar-refractivity contribution is -0.113. The van der Waals surface area contributed by atoms with Gasteiger partial charge >= 0.3 is 0 Å². The van der Waals surface area contributed by atoms with E-state index in [2.05, 4.69) is 22.4 Å². The van der Waals surface area contributed by atoms with Crippen LogP contribution in [0.1, 0.15) is 19.8 Å². The first-order chi connectivity index (χ1) is 16.0. The highest BCUT2D eigenvalue weighted by Gasteiger charge is 2.17. The Balaban J connectivity index is 1.61. The molecule has 1 N–H and O–H groups in total. The van der Waals surface area contributed by atoms with Crippen molar-refractivity contribution in [1.82, 2.24) is 19.2 Å². The van der Waals surface area contributed by atoms with Gasteiger partial charge in [-0.15, -0.1) is 10.2 Å². The molecule has 10 heteroatoms. The topological polar surface area (TPSA) is 99.8 Å². The Morgan fingerprint density at radius 3 is 2.52 bits per heavy atom. The number of amides is 1. The summed E-state index contributed by atoms with van der Waals surface area (Å²) >= 11 is 1.26. The lowest BCUT2D eigenvalue weighted by Gasteiger charge is -2.11. The van der Waals surface area contributed by atoms with Gasteiger partial charge in [-0.25, -0.2) is 0 Å². The third-order valence-electron chi connectivity index (χ3n) is 5.18. The lowest BCUT2D eigenvalue weighted by Crippen LogP contribution is -2.23. The number of hydrogen-bond donors (Lipinski definition) is 1. The van der Waals surface area contributed by atoms with E-state index in [0.29, 0.717) is 40.1 Å². The van der Waals surface area contributed by atoms with Crippen molar-refractivity contribution >= 4 is 40.0 Å². The summed E-state index contributed by atoms with van der Waals surface area (Å²) in [6, 6.07) is 12.5. The standard InChI is InChI=1S/C23H25N5O4S/c1-4-5-10-27-21(30)18-8-6-7-9-19(18)28-22(27)25-26-23(28)33-14-20(29)24-15-11-16(31-2)13-17(12-15)32-3/h6-9,11-13H,4-5,10,14H2,1-3H3,(H,24,29). The number of hydrogen-bond acceptors (Lipinski definition) is 7. The molecule has 2 heterocycles. The van der Waals surface area contributed by atoms with Crippen LogP contribution in [0.2, 0.25) is 0 Å². The van der Waals surface area contributed by atoms with Crippen LogP contribution in [0.3, 0.4) is 0 Å². The summed E-state index contributed by atoms with van der Waals surface area (Å²) < 4.78 is 14.0. The van der Waals surface area contributed by atoms with Gasteiger partial charge in [-0.05, 0) is 18.6 Å². The van der Waals surface area contributed by atoms with Gasteiger partial charge in [0, 0.05) is 30.4 Å². The van der Waals surface area contributed by atoms with Gasteiger partial charge in [-0.1, -0.05) is 37.2 Å². The van der Waals surface area contributed by atoms with Crippen molar-refractivity contribution < 1.29 is 14.3 Å². The molecule has 0 fully saturated rings. The number of unbranched alkanes of at least 4 members (excludes halogenated alkanes) is 1. The molecule has 1 amide bonds. The lowest BCUT2D eigenvalue weighted by atomic mass is 10.2. The van der Waals surface area contributed by atoms with E-state index < -0.39 is 0 Å². The number of aryl methyl sites for hydroxylation is 1. The van der Waals surface area contributed by atoms with E-state index in [0.717, 1.165) is 18.4 Å². The van der Waals surface area contributed by atoms with Crippen LogP contribution < -0.4 is 20.3 Å². The van der Waals surface area contributed by atoms with Crippen LogP contribution >= 0.6 is 11.8 Å². The number of thioether (sulfide) groups is 1. The number of ether oxygens (including phenoxy) is 2. The van der Waals surface area contributed by atoms with E-state index >= 15 is 0 Å². The number of fused-ring (bicyclic) bond motifs is 3. The van der Waals surface area contributed by atoms with Crippen molar-refractivity contribution in [3.8, 4) is 11.5 Å². The van der Waals surface area contributed by atoms with Gasteiger partial charge in [-0.3, -0.25) is 18.6 Å². The summed E-state index contributed by atoms with van der Waals surface area (Å²) in [5.41, 5.74) is 1.21. The second-order valence-corrected chi connectivity index (χ2v) is 8.33. The van der Waals surface area contributed by atoms with Crippen molar-refractivity contribution in [3.05, 3.63) is 52.8 Å². The highest BCUT2D eigenvalue weighted by Crippen LogP contribution is 2.26. The summed E-state index contributed by atoms with van der Waals surface area (Å²) in [6.45, 7) is 2.63. The Morgan fingerprint density at radius 2 is 1.82 bits per heavy atom. The Morgan fingerprint density at radius 1 is 1.09 bits per heavy atom. The maximum Gasteiger partial charge on any atom is 0.262 e. The van der Waals surface area contributed by atoms with Crippen LogP contribution in [0.4, 0.5) is 5.69 Å². The molecule has 4 rings (SSSR count). The summed E-state index contributed by atoms with van der Waals surface area (Å²) in [6.07, 6.45) is 1.81. The molecule has 2 aromatic carbocycles. The van der Waals surface area contributed by atoms with E-state index in [1.165, 1.54) is 11.8 Å². The highest BCUT2D eigenvalue weighted by molar-refractivity contribution is 7.99. The summed E-state index contributed by atoms with van der Waals surface area (Å²) in [5, 5.41) is 12.6. The first-order valence-electron chi connectivity index (χ1n) is 10.6. The predicted octanol–water partition coefficient (Wildman–Crippen LogP) is 3.59. The fourth-order valence-electron chi connectivity index (χ4n) is 3.55. The minimum Gasteiger partial charge on any atom is -0.497 e. The number of aromatic nitrogens is 4. The number of carbonyl (C=O) groups excluding carboxylic acids is 1. The second kappa shape index (κ2) is 9.95. The van der Waals surface area contributed by atoms with Crippen LogP contribution in [-0.2, 0) is 11.3 Å². The van der Waals surface area contributed by atoms with Crippen LogP contribution in [-0.4, -0.2) is 45.0 Å². The number of para-hydroxylation sites is 1. The molecule has 2 aromatic heterocycles. The summed E-state index contributed by atoms with van der Waals surface area (Å²) in [5.74, 6) is 1.54. The number of carbonyl (C=O) groups is 1.